The van der Waals surface area contributed by atoms with E-state index >= 15 is 0 Å². The molecular formula is C29H26O3. The Bertz CT molecular complexity index is 1130. The summed E-state index contributed by atoms with van der Waals surface area (Å²) in [4.78, 5) is 14.3. The van der Waals surface area contributed by atoms with Crippen LogP contribution in [0.15, 0.2) is 97.1 Å². The minimum Gasteiger partial charge on any atom is -0.508 e. The van der Waals surface area contributed by atoms with Crippen LogP contribution < -0.4 is 0 Å². The van der Waals surface area contributed by atoms with Gasteiger partial charge >= 0.3 is 0 Å². The molecule has 0 aliphatic carbocycles. The molecule has 3 heteroatoms. The van der Waals surface area contributed by atoms with Gasteiger partial charge in [0.1, 0.15) is 11.5 Å². The number of phenolic OH excluding ortho intramolecular Hbond substituents is 2. The molecule has 0 bridgehead atoms. The van der Waals surface area contributed by atoms with Gasteiger partial charge in [-0.15, -0.1) is 0 Å². The number of ketones is 1. The lowest BCUT2D eigenvalue weighted by Gasteiger charge is -2.25. The first kappa shape index (κ1) is 21.4. The third-order valence-electron chi connectivity index (χ3n) is 5.83. The zero-order chi connectivity index (χ0) is 22.7. The van der Waals surface area contributed by atoms with Crippen LogP contribution in [0, 0.1) is 13.8 Å². The van der Waals surface area contributed by atoms with Crippen LogP contribution in [0.1, 0.15) is 45.2 Å². The second-order valence-electron chi connectivity index (χ2n) is 8.21. The third-order valence-corrected chi connectivity index (χ3v) is 5.83. The summed E-state index contributed by atoms with van der Waals surface area (Å²) in [5.74, 6) is -1.31. The molecule has 0 aromatic heterocycles. The molecule has 4 aromatic rings. The molecule has 2 atom stereocenters. The van der Waals surface area contributed by atoms with Crippen LogP contribution >= 0.6 is 0 Å². The number of phenols is 2. The summed E-state index contributed by atoms with van der Waals surface area (Å²) < 4.78 is 0. The molecule has 0 aliphatic heterocycles. The summed E-state index contributed by atoms with van der Waals surface area (Å²) in [6.45, 7) is 3.81. The summed E-state index contributed by atoms with van der Waals surface area (Å²) in [6, 6.07) is 29.8. The SMILES string of the molecule is Cc1ccc(C(C(=O)C(c2ccccc2)c2ccc(C)cc2O)c2ccccc2)c(O)c1. The quantitative estimate of drug-likeness (QED) is 0.386. The van der Waals surface area contributed by atoms with Gasteiger partial charge in [-0.3, -0.25) is 4.79 Å². The van der Waals surface area contributed by atoms with Crippen molar-refractivity contribution < 1.29 is 15.0 Å². The standard InChI is InChI=1S/C29H26O3/c1-19-13-15-23(25(30)17-19)27(21-9-5-3-6-10-21)29(32)28(22-11-7-4-8-12-22)24-16-14-20(2)18-26(24)31/h3-18,27-28,30-31H,1-2H3. The number of hydrogen-bond acceptors (Lipinski definition) is 3. The second-order valence-corrected chi connectivity index (χ2v) is 8.21. The molecule has 4 aromatic carbocycles. The van der Waals surface area contributed by atoms with Gasteiger partial charge in [0.15, 0.2) is 5.78 Å². The molecule has 0 saturated carbocycles. The molecule has 0 radical (unpaired) electrons. The Morgan fingerprint density at radius 1 is 0.594 bits per heavy atom. The fourth-order valence-electron chi connectivity index (χ4n) is 4.25. The van der Waals surface area contributed by atoms with E-state index in [1.807, 2.05) is 98.8 Å². The van der Waals surface area contributed by atoms with Crippen molar-refractivity contribution in [2.45, 2.75) is 25.7 Å². The Balaban J connectivity index is 1.92. The maximum Gasteiger partial charge on any atom is 0.156 e. The van der Waals surface area contributed by atoms with E-state index < -0.39 is 11.8 Å². The fraction of sp³-hybridized carbons (Fsp3) is 0.138. The molecule has 0 amide bonds. The van der Waals surface area contributed by atoms with Gasteiger partial charge in [0.2, 0.25) is 0 Å². The molecule has 3 nitrogen and oxygen atoms in total. The Morgan fingerprint density at radius 2 is 0.969 bits per heavy atom. The molecular weight excluding hydrogens is 396 g/mol. The average molecular weight is 423 g/mol. The first-order valence-electron chi connectivity index (χ1n) is 10.7. The average Bonchev–Trinajstić information content (AvgIpc) is 2.79. The molecule has 2 unspecified atom stereocenters. The normalized spacial score (nSPS) is 12.8. The van der Waals surface area contributed by atoms with Crippen LogP contribution in [0.3, 0.4) is 0 Å². The number of carbonyl (C=O) groups excluding carboxylic acids is 1. The van der Waals surface area contributed by atoms with Crippen LogP contribution in [0.2, 0.25) is 0 Å². The van der Waals surface area contributed by atoms with Crippen LogP contribution in [0.5, 0.6) is 11.5 Å². The van der Waals surface area contributed by atoms with Crippen LogP contribution in [0.25, 0.3) is 0 Å². The van der Waals surface area contributed by atoms with Crippen molar-refractivity contribution in [1.29, 1.82) is 0 Å². The lowest BCUT2D eigenvalue weighted by Crippen LogP contribution is -2.23. The van der Waals surface area contributed by atoms with Crippen molar-refractivity contribution in [2.24, 2.45) is 0 Å². The van der Waals surface area contributed by atoms with Gasteiger partial charge in [0, 0.05) is 11.1 Å². The summed E-state index contributed by atoms with van der Waals surface area (Å²) >= 11 is 0. The second kappa shape index (κ2) is 9.11. The third kappa shape index (κ3) is 4.28. The van der Waals surface area contributed by atoms with Gasteiger partial charge in [-0.1, -0.05) is 84.9 Å². The molecule has 2 N–H and O–H groups in total. The summed E-state index contributed by atoms with van der Waals surface area (Å²) in [5.41, 5.74) is 4.54. The highest BCUT2D eigenvalue weighted by Gasteiger charge is 2.34. The topological polar surface area (TPSA) is 57.5 Å². The van der Waals surface area contributed by atoms with Crippen molar-refractivity contribution in [2.75, 3.05) is 0 Å². The number of Topliss-reactive ketones (excluding diaryl/α,β-unsaturated/α-hetero) is 1. The van der Waals surface area contributed by atoms with E-state index in [9.17, 15) is 15.0 Å². The van der Waals surface area contributed by atoms with Crippen molar-refractivity contribution >= 4 is 5.78 Å². The minimum atomic E-state index is -0.692. The van der Waals surface area contributed by atoms with E-state index in [0.29, 0.717) is 11.1 Å². The maximum atomic E-state index is 14.3. The van der Waals surface area contributed by atoms with Crippen molar-refractivity contribution in [3.8, 4) is 11.5 Å². The summed E-state index contributed by atoms with van der Waals surface area (Å²) in [6.07, 6.45) is 0. The van der Waals surface area contributed by atoms with Gasteiger partial charge in [0.25, 0.3) is 0 Å². The van der Waals surface area contributed by atoms with Gasteiger partial charge < -0.3 is 10.2 Å². The summed E-state index contributed by atoms with van der Waals surface area (Å²) in [7, 11) is 0. The highest BCUT2D eigenvalue weighted by molar-refractivity contribution is 5.98. The zero-order valence-corrected chi connectivity index (χ0v) is 18.2. The Hall–Kier alpha value is -3.85. The van der Waals surface area contributed by atoms with E-state index in [1.165, 1.54) is 0 Å². The number of aromatic hydroxyl groups is 2. The zero-order valence-electron chi connectivity index (χ0n) is 18.2. The van der Waals surface area contributed by atoms with E-state index in [-0.39, 0.29) is 17.3 Å². The first-order chi connectivity index (χ1) is 15.5. The molecule has 0 aliphatic rings. The van der Waals surface area contributed by atoms with Crippen LogP contribution in [-0.2, 0) is 4.79 Å². The lowest BCUT2D eigenvalue weighted by atomic mass is 9.76. The van der Waals surface area contributed by atoms with Crippen molar-refractivity contribution in [3.63, 3.8) is 0 Å². The number of rotatable bonds is 6. The molecule has 4 rings (SSSR count). The Labute approximate surface area is 188 Å². The molecule has 0 heterocycles. The number of benzene rings is 4. The largest absolute Gasteiger partial charge is 0.508 e. The highest BCUT2D eigenvalue weighted by atomic mass is 16.3. The lowest BCUT2D eigenvalue weighted by molar-refractivity contribution is -0.120. The molecule has 0 spiro atoms. The molecule has 0 fully saturated rings. The number of aryl methyl sites for hydroxylation is 2. The van der Waals surface area contributed by atoms with Crippen molar-refractivity contribution in [1.82, 2.24) is 0 Å². The fourth-order valence-corrected chi connectivity index (χ4v) is 4.25. The van der Waals surface area contributed by atoms with Gasteiger partial charge in [0.05, 0.1) is 11.8 Å². The van der Waals surface area contributed by atoms with E-state index in [2.05, 4.69) is 0 Å². The Kier molecular flexibility index (Phi) is 6.09. The summed E-state index contributed by atoms with van der Waals surface area (Å²) in [5, 5.41) is 21.6. The van der Waals surface area contributed by atoms with Crippen molar-refractivity contribution in [3.05, 3.63) is 130 Å². The highest BCUT2D eigenvalue weighted by Crippen LogP contribution is 2.41. The smallest absolute Gasteiger partial charge is 0.156 e. The Morgan fingerprint density at radius 3 is 1.31 bits per heavy atom. The monoisotopic (exact) mass is 422 g/mol. The molecule has 32 heavy (non-hydrogen) atoms. The van der Waals surface area contributed by atoms with Crippen LogP contribution in [0.4, 0.5) is 0 Å². The molecule has 0 saturated heterocycles. The number of carbonyl (C=O) groups is 1. The number of hydrogen-bond donors (Lipinski definition) is 2. The van der Waals surface area contributed by atoms with Gasteiger partial charge in [-0.2, -0.15) is 0 Å². The van der Waals surface area contributed by atoms with E-state index in [1.54, 1.807) is 12.1 Å². The predicted octanol–water partition coefficient (Wildman–Crippen LogP) is 6.25. The molecule has 160 valence electrons. The minimum absolute atomic E-state index is 0.0899. The first-order valence-corrected chi connectivity index (χ1v) is 10.7. The van der Waals surface area contributed by atoms with E-state index in [4.69, 9.17) is 0 Å². The maximum absolute atomic E-state index is 14.3. The van der Waals surface area contributed by atoms with Gasteiger partial charge in [-0.05, 0) is 48.2 Å². The van der Waals surface area contributed by atoms with Gasteiger partial charge in [-0.25, -0.2) is 0 Å². The predicted molar refractivity (Wildman–Crippen MR) is 127 cm³/mol. The van der Waals surface area contributed by atoms with E-state index in [0.717, 1.165) is 22.3 Å². The van der Waals surface area contributed by atoms with Crippen LogP contribution in [-0.4, -0.2) is 16.0 Å².